The third-order valence-corrected chi connectivity index (χ3v) is 4.13. The minimum Gasteiger partial charge on any atom is -0.481 e. The van der Waals surface area contributed by atoms with E-state index in [1.54, 1.807) is 12.1 Å². The number of ether oxygens (including phenoxy) is 1. The zero-order valence-corrected chi connectivity index (χ0v) is 12.5. The van der Waals surface area contributed by atoms with Gasteiger partial charge in [0.1, 0.15) is 5.82 Å². The summed E-state index contributed by atoms with van der Waals surface area (Å²) in [5.74, 6) is -1.58. The summed E-state index contributed by atoms with van der Waals surface area (Å²) in [5.41, 5.74) is 0.987. The fraction of sp³-hybridized carbons (Fsp3) is 0.562. The molecule has 1 fully saturated rings. The van der Waals surface area contributed by atoms with Gasteiger partial charge in [0.05, 0.1) is 19.1 Å². The second-order valence-corrected chi connectivity index (χ2v) is 5.51. The summed E-state index contributed by atoms with van der Waals surface area (Å²) in [5, 5.41) is 9.33. The van der Waals surface area contributed by atoms with Crippen LogP contribution in [-0.4, -0.2) is 41.8 Å². The molecular formula is C16H22FNO3. The lowest BCUT2D eigenvalue weighted by Gasteiger charge is -2.35. The molecule has 1 saturated heterocycles. The Balaban J connectivity index is 2.21. The molecule has 1 aliphatic heterocycles. The van der Waals surface area contributed by atoms with Crippen LogP contribution in [0, 0.1) is 11.7 Å². The van der Waals surface area contributed by atoms with Gasteiger partial charge in [-0.1, -0.05) is 19.1 Å². The van der Waals surface area contributed by atoms with Crippen LogP contribution in [0.15, 0.2) is 24.3 Å². The van der Waals surface area contributed by atoms with Crippen molar-refractivity contribution < 1.29 is 19.0 Å². The van der Waals surface area contributed by atoms with Crippen molar-refractivity contribution in [2.45, 2.75) is 32.4 Å². The molecule has 1 aromatic rings. The van der Waals surface area contributed by atoms with Crippen LogP contribution in [0.2, 0.25) is 0 Å². The Hall–Kier alpha value is -1.46. The number of hydrogen-bond donors (Lipinski definition) is 1. The monoisotopic (exact) mass is 295 g/mol. The number of carboxylic acid groups (broad SMARTS) is 1. The number of aliphatic carboxylic acids is 1. The first-order chi connectivity index (χ1) is 10.0. The van der Waals surface area contributed by atoms with E-state index in [0.29, 0.717) is 6.61 Å². The molecule has 5 heteroatoms. The van der Waals surface area contributed by atoms with Crippen LogP contribution >= 0.6 is 0 Å². The van der Waals surface area contributed by atoms with Crippen LogP contribution in [0.1, 0.15) is 31.9 Å². The Morgan fingerprint density at radius 3 is 2.67 bits per heavy atom. The molecule has 4 nitrogen and oxygen atoms in total. The smallest absolute Gasteiger partial charge is 0.310 e. The average Bonchev–Trinajstić information content (AvgIpc) is 2.94. The molecule has 3 unspecified atom stereocenters. The molecule has 1 aromatic carbocycles. The highest BCUT2D eigenvalue weighted by molar-refractivity contribution is 5.71. The van der Waals surface area contributed by atoms with E-state index < -0.39 is 11.9 Å². The summed E-state index contributed by atoms with van der Waals surface area (Å²) in [4.78, 5) is 13.5. The van der Waals surface area contributed by atoms with Crippen molar-refractivity contribution in [2.24, 2.45) is 5.92 Å². The van der Waals surface area contributed by atoms with Crippen molar-refractivity contribution in [1.82, 2.24) is 4.90 Å². The number of nitrogens with zero attached hydrogens (tertiary/aromatic N) is 1. The van der Waals surface area contributed by atoms with Crippen molar-refractivity contribution in [3.05, 3.63) is 35.6 Å². The van der Waals surface area contributed by atoms with Crippen LogP contribution in [0.25, 0.3) is 0 Å². The van der Waals surface area contributed by atoms with Crippen molar-refractivity contribution in [3.63, 3.8) is 0 Å². The van der Waals surface area contributed by atoms with Gasteiger partial charge in [-0.25, -0.2) is 4.39 Å². The zero-order chi connectivity index (χ0) is 15.4. The summed E-state index contributed by atoms with van der Waals surface area (Å²) in [6.45, 7) is 5.57. The van der Waals surface area contributed by atoms with Crippen molar-refractivity contribution in [2.75, 3.05) is 19.8 Å². The van der Waals surface area contributed by atoms with Gasteiger partial charge in [0.15, 0.2) is 0 Å². The van der Waals surface area contributed by atoms with Crippen LogP contribution in [-0.2, 0) is 9.53 Å². The summed E-state index contributed by atoms with van der Waals surface area (Å²) in [6, 6.07) is 6.29. The summed E-state index contributed by atoms with van der Waals surface area (Å²) < 4.78 is 18.4. The summed E-state index contributed by atoms with van der Waals surface area (Å²) >= 11 is 0. The Kier molecular flexibility index (Phi) is 5.31. The number of benzene rings is 1. The van der Waals surface area contributed by atoms with E-state index in [1.807, 2.05) is 6.92 Å². The third kappa shape index (κ3) is 3.60. The molecule has 1 N–H and O–H groups in total. The van der Waals surface area contributed by atoms with Gasteiger partial charge in [0.2, 0.25) is 0 Å². The molecule has 3 atom stereocenters. The molecule has 2 rings (SSSR count). The number of carboxylic acids is 1. The van der Waals surface area contributed by atoms with Crippen molar-refractivity contribution in [3.8, 4) is 0 Å². The fourth-order valence-electron chi connectivity index (χ4n) is 2.94. The number of rotatable bonds is 6. The molecule has 0 amide bonds. The molecule has 0 spiro atoms. The van der Waals surface area contributed by atoms with Crippen LogP contribution < -0.4 is 0 Å². The predicted molar refractivity (Wildman–Crippen MR) is 77.5 cm³/mol. The maximum atomic E-state index is 13.1. The van der Waals surface area contributed by atoms with Crippen LogP contribution in [0.4, 0.5) is 4.39 Å². The normalized spacial score (nSPS) is 23.4. The summed E-state index contributed by atoms with van der Waals surface area (Å²) in [7, 11) is 0. The van der Waals surface area contributed by atoms with Gasteiger partial charge < -0.3 is 9.84 Å². The molecule has 1 heterocycles. The van der Waals surface area contributed by atoms with Crippen LogP contribution in [0.5, 0.6) is 0 Å². The van der Waals surface area contributed by atoms with Gasteiger partial charge in [-0.2, -0.15) is 0 Å². The first-order valence-corrected chi connectivity index (χ1v) is 7.36. The lowest BCUT2D eigenvalue weighted by molar-refractivity contribution is -0.143. The van der Waals surface area contributed by atoms with Gasteiger partial charge in [-0.15, -0.1) is 0 Å². The average molecular weight is 295 g/mol. The van der Waals surface area contributed by atoms with E-state index in [1.165, 1.54) is 12.1 Å². The Morgan fingerprint density at radius 1 is 1.43 bits per heavy atom. The third-order valence-electron chi connectivity index (χ3n) is 4.13. The van der Waals surface area contributed by atoms with Gasteiger partial charge in [0.25, 0.3) is 0 Å². The van der Waals surface area contributed by atoms with Gasteiger partial charge in [-0.3, -0.25) is 9.69 Å². The molecular weight excluding hydrogens is 273 g/mol. The maximum absolute atomic E-state index is 13.1. The minimum absolute atomic E-state index is 0.0269. The highest BCUT2D eigenvalue weighted by atomic mass is 19.1. The molecule has 0 bridgehead atoms. The topological polar surface area (TPSA) is 49.8 Å². The van der Waals surface area contributed by atoms with Crippen LogP contribution in [0.3, 0.4) is 0 Å². The SMILES string of the molecule is CCCN(C(C)c1ccc(F)cc1)C1COCC1C(=O)O. The van der Waals surface area contributed by atoms with Gasteiger partial charge >= 0.3 is 5.97 Å². The van der Waals surface area contributed by atoms with Gasteiger partial charge in [0, 0.05) is 12.1 Å². The molecule has 0 saturated carbocycles. The lowest BCUT2D eigenvalue weighted by Crippen LogP contribution is -2.44. The Labute approximate surface area is 124 Å². The summed E-state index contributed by atoms with van der Waals surface area (Å²) in [6.07, 6.45) is 0.925. The largest absolute Gasteiger partial charge is 0.481 e. The minimum atomic E-state index is -0.815. The fourth-order valence-corrected chi connectivity index (χ4v) is 2.94. The van der Waals surface area contributed by atoms with E-state index in [0.717, 1.165) is 18.5 Å². The Bertz CT molecular complexity index is 477. The van der Waals surface area contributed by atoms with Crippen molar-refractivity contribution in [1.29, 1.82) is 0 Å². The number of carbonyl (C=O) groups is 1. The standard InChI is InChI=1S/C16H22FNO3/c1-3-8-18(15-10-21-9-14(15)16(19)20)11(2)12-4-6-13(17)7-5-12/h4-7,11,14-15H,3,8-10H2,1-2H3,(H,19,20). The van der Waals surface area contributed by atoms with Gasteiger partial charge in [-0.05, 0) is 37.6 Å². The predicted octanol–water partition coefficient (Wildman–Crippen LogP) is 2.70. The lowest BCUT2D eigenvalue weighted by atomic mass is 9.97. The molecule has 116 valence electrons. The molecule has 0 aromatic heterocycles. The highest BCUT2D eigenvalue weighted by Crippen LogP contribution is 2.29. The first kappa shape index (κ1) is 15.9. The van der Waals surface area contributed by atoms with Crippen molar-refractivity contribution >= 4 is 5.97 Å². The second kappa shape index (κ2) is 7.00. The highest BCUT2D eigenvalue weighted by Gasteiger charge is 2.39. The molecule has 0 aliphatic carbocycles. The number of hydrogen-bond acceptors (Lipinski definition) is 3. The van der Waals surface area contributed by atoms with E-state index in [2.05, 4.69) is 11.8 Å². The zero-order valence-electron chi connectivity index (χ0n) is 12.5. The molecule has 0 radical (unpaired) electrons. The van der Waals surface area contributed by atoms with E-state index >= 15 is 0 Å². The molecule has 21 heavy (non-hydrogen) atoms. The Morgan fingerprint density at radius 2 is 2.10 bits per heavy atom. The van der Waals surface area contributed by atoms with E-state index in [9.17, 15) is 14.3 Å². The quantitative estimate of drug-likeness (QED) is 0.876. The van der Waals surface area contributed by atoms with E-state index in [4.69, 9.17) is 4.74 Å². The first-order valence-electron chi connectivity index (χ1n) is 7.36. The molecule has 1 aliphatic rings. The number of halogens is 1. The van der Waals surface area contributed by atoms with E-state index in [-0.39, 0.29) is 24.5 Å². The second-order valence-electron chi connectivity index (χ2n) is 5.51. The maximum Gasteiger partial charge on any atom is 0.310 e.